The summed E-state index contributed by atoms with van der Waals surface area (Å²) in [5.41, 5.74) is -3.93. The summed E-state index contributed by atoms with van der Waals surface area (Å²) >= 11 is 5.48. The number of nitrogens with zero attached hydrogens (tertiary/aromatic N) is 1. The average molecular weight is 321 g/mol. The first-order chi connectivity index (χ1) is 9.61. The van der Waals surface area contributed by atoms with Crippen LogP contribution in [0.3, 0.4) is 0 Å². The summed E-state index contributed by atoms with van der Waals surface area (Å²) in [5, 5.41) is 9.08. The molecule has 0 spiro atoms. The molecular weight excluding hydrogens is 313 g/mol. The molecule has 2 N–H and O–H groups in total. The van der Waals surface area contributed by atoms with E-state index < -0.39 is 40.1 Å². The first kappa shape index (κ1) is 15.2. The number of nitrogens with one attached hydrogen (secondary N) is 1. The first-order valence-electron chi connectivity index (χ1n) is 5.54. The summed E-state index contributed by atoms with van der Waals surface area (Å²) in [5.74, 6) is -5.07. The fourth-order valence-electron chi connectivity index (χ4n) is 1.66. The zero-order valence-electron chi connectivity index (χ0n) is 10.5. The summed E-state index contributed by atoms with van der Waals surface area (Å²) in [6, 6.07) is 1.92. The van der Waals surface area contributed by atoms with Gasteiger partial charge in [-0.2, -0.15) is 0 Å². The van der Waals surface area contributed by atoms with Crippen molar-refractivity contribution < 1.29 is 18.3 Å². The lowest BCUT2D eigenvalue weighted by molar-refractivity contribution is 0.0121. The van der Waals surface area contributed by atoms with Gasteiger partial charge in [0, 0.05) is 19.1 Å². The maximum absolute atomic E-state index is 13.8. The van der Waals surface area contributed by atoms with Gasteiger partial charge in [0.25, 0.3) is 11.5 Å². The Morgan fingerprint density at radius 2 is 1.90 bits per heavy atom. The second kappa shape index (κ2) is 4.96. The molecule has 0 fully saturated rings. The van der Waals surface area contributed by atoms with E-state index in [0.717, 1.165) is 6.07 Å². The highest BCUT2D eigenvalue weighted by Crippen LogP contribution is 2.27. The van der Waals surface area contributed by atoms with E-state index in [1.807, 2.05) is 0 Å². The third-order valence-corrected chi connectivity index (χ3v) is 2.97. The molecule has 0 aliphatic rings. The molecule has 0 radical (unpaired) electrons. The molecule has 0 bridgehead atoms. The highest BCUT2D eigenvalue weighted by atomic mass is 35.5. The minimum Gasteiger partial charge on any atom is -0.506 e. The van der Waals surface area contributed by atoms with Crippen LogP contribution in [0.5, 0.6) is 5.75 Å². The number of aromatic amines is 1. The van der Waals surface area contributed by atoms with Gasteiger partial charge < -0.3 is 10.1 Å². The smallest absolute Gasteiger partial charge is 0.333 e. The van der Waals surface area contributed by atoms with E-state index in [4.69, 9.17) is 11.6 Å². The van der Waals surface area contributed by atoms with Crippen molar-refractivity contribution in [1.29, 1.82) is 0 Å². The number of aromatic hydroxyl groups is 1. The first-order valence-corrected chi connectivity index (χ1v) is 5.92. The molecule has 9 heteroatoms. The second-order valence-electron chi connectivity index (χ2n) is 4.31. The van der Waals surface area contributed by atoms with Crippen LogP contribution in [0.25, 0.3) is 5.69 Å². The summed E-state index contributed by atoms with van der Waals surface area (Å²) in [6.45, 7) is 0.497. The second-order valence-corrected chi connectivity index (χ2v) is 4.71. The lowest BCUT2D eigenvalue weighted by Crippen LogP contribution is -2.36. The van der Waals surface area contributed by atoms with Gasteiger partial charge in [0.15, 0.2) is 0 Å². The van der Waals surface area contributed by atoms with E-state index in [1.54, 1.807) is 4.98 Å². The molecule has 2 rings (SSSR count). The zero-order valence-corrected chi connectivity index (χ0v) is 11.2. The average Bonchev–Trinajstić information content (AvgIpc) is 2.33. The van der Waals surface area contributed by atoms with E-state index in [1.165, 1.54) is 0 Å². The van der Waals surface area contributed by atoms with Gasteiger partial charge in [-0.25, -0.2) is 22.5 Å². The third kappa shape index (κ3) is 2.80. The minimum absolute atomic E-state index is 0.278. The monoisotopic (exact) mass is 320 g/mol. The van der Waals surface area contributed by atoms with Crippen molar-refractivity contribution in [3.05, 3.63) is 55.6 Å². The summed E-state index contributed by atoms with van der Waals surface area (Å²) in [7, 11) is 0. The molecule has 1 heterocycles. The number of H-pyrrole nitrogens is 1. The molecule has 2 aromatic rings. The van der Waals surface area contributed by atoms with Crippen molar-refractivity contribution >= 4 is 11.6 Å². The predicted octanol–water partition coefficient (Wildman–Crippen LogP) is 2.14. The van der Waals surface area contributed by atoms with Crippen molar-refractivity contribution in [3.63, 3.8) is 0 Å². The Kier molecular flexibility index (Phi) is 3.58. The fraction of sp³-hybridized carbons (Fsp3) is 0.167. The number of aromatic nitrogens is 2. The molecule has 1 aromatic heterocycles. The summed E-state index contributed by atoms with van der Waals surface area (Å²) < 4.78 is 40.2. The van der Waals surface area contributed by atoms with E-state index in [2.05, 4.69) is 0 Å². The third-order valence-electron chi connectivity index (χ3n) is 2.66. The van der Waals surface area contributed by atoms with Crippen LogP contribution in [0, 0.1) is 5.82 Å². The normalized spacial score (nSPS) is 11.7. The van der Waals surface area contributed by atoms with Crippen molar-refractivity contribution in [2.45, 2.75) is 12.8 Å². The molecule has 0 amide bonds. The van der Waals surface area contributed by atoms with Gasteiger partial charge in [0.2, 0.25) is 0 Å². The molecule has 0 aliphatic carbocycles. The van der Waals surface area contributed by atoms with Crippen LogP contribution in [0.1, 0.15) is 12.6 Å². The number of hydrogen-bond acceptors (Lipinski definition) is 3. The SMILES string of the molecule is CC(F)(F)c1cc(=O)n(-c2cc(O)c(Cl)cc2F)c(=O)[nH]1. The Labute approximate surface area is 120 Å². The number of phenolic OH excluding ortho intramolecular Hbond substituents is 1. The number of alkyl halides is 2. The highest BCUT2D eigenvalue weighted by Gasteiger charge is 2.27. The highest BCUT2D eigenvalue weighted by molar-refractivity contribution is 6.32. The molecule has 0 unspecified atom stereocenters. The standard InChI is InChI=1S/C12H8ClF3N2O3/c1-12(15,16)9-4-10(20)18(11(21)17-9)7-3-8(19)5(13)2-6(7)14/h2-4,19H,1H3,(H,17,21). The predicted molar refractivity (Wildman–Crippen MR) is 68.9 cm³/mol. The Morgan fingerprint density at radius 3 is 2.43 bits per heavy atom. The topological polar surface area (TPSA) is 75.1 Å². The Bertz CT molecular complexity index is 793. The largest absolute Gasteiger partial charge is 0.506 e. The van der Waals surface area contributed by atoms with Crippen LogP contribution in [0.15, 0.2) is 27.8 Å². The molecule has 1 aromatic carbocycles. The number of halogens is 4. The van der Waals surface area contributed by atoms with E-state index >= 15 is 0 Å². The molecule has 0 saturated heterocycles. The lowest BCUT2D eigenvalue weighted by Gasteiger charge is -2.12. The molecule has 5 nitrogen and oxygen atoms in total. The molecule has 0 atom stereocenters. The van der Waals surface area contributed by atoms with Crippen LogP contribution in [0.4, 0.5) is 13.2 Å². The molecule has 0 aliphatic heterocycles. The van der Waals surface area contributed by atoms with Gasteiger partial charge in [-0.05, 0) is 6.07 Å². The zero-order chi connectivity index (χ0) is 15.9. The van der Waals surface area contributed by atoms with Gasteiger partial charge in [0.05, 0.1) is 16.4 Å². The van der Waals surface area contributed by atoms with Gasteiger partial charge in [-0.3, -0.25) is 4.79 Å². The number of hydrogen-bond donors (Lipinski definition) is 2. The minimum atomic E-state index is -3.43. The van der Waals surface area contributed by atoms with Crippen molar-refractivity contribution in [2.24, 2.45) is 0 Å². The van der Waals surface area contributed by atoms with Crippen LogP contribution in [0.2, 0.25) is 5.02 Å². The van der Waals surface area contributed by atoms with Crippen LogP contribution < -0.4 is 11.2 Å². The molecule has 21 heavy (non-hydrogen) atoms. The van der Waals surface area contributed by atoms with Crippen LogP contribution in [-0.2, 0) is 5.92 Å². The quantitative estimate of drug-likeness (QED) is 0.890. The maximum Gasteiger partial charge on any atom is 0.333 e. The summed E-state index contributed by atoms with van der Waals surface area (Å²) in [4.78, 5) is 25.3. The number of phenols is 1. The molecule has 112 valence electrons. The van der Waals surface area contributed by atoms with Gasteiger partial charge >= 0.3 is 5.69 Å². The maximum atomic E-state index is 13.8. The fourth-order valence-corrected chi connectivity index (χ4v) is 1.81. The lowest BCUT2D eigenvalue weighted by atomic mass is 10.2. The Morgan fingerprint density at radius 1 is 1.29 bits per heavy atom. The van der Waals surface area contributed by atoms with E-state index in [0.29, 0.717) is 19.1 Å². The van der Waals surface area contributed by atoms with E-state index in [-0.39, 0.29) is 9.59 Å². The molecular formula is C12H8ClF3N2O3. The summed E-state index contributed by atoms with van der Waals surface area (Å²) in [6.07, 6.45) is 0. The van der Waals surface area contributed by atoms with Gasteiger partial charge in [-0.1, -0.05) is 11.6 Å². The Balaban J connectivity index is 2.75. The number of benzene rings is 1. The Hall–Kier alpha value is -2.22. The van der Waals surface area contributed by atoms with Gasteiger partial charge in [0.1, 0.15) is 11.6 Å². The van der Waals surface area contributed by atoms with Gasteiger partial charge in [-0.15, -0.1) is 0 Å². The van der Waals surface area contributed by atoms with Crippen LogP contribution >= 0.6 is 11.6 Å². The number of rotatable bonds is 2. The van der Waals surface area contributed by atoms with Crippen molar-refractivity contribution in [1.82, 2.24) is 9.55 Å². The van der Waals surface area contributed by atoms with Crippen molar-refractivity contribution in [2.75, 3.05) is 0 Å². The van der Waals surface area contributed by atoms with Crippen molar-refractivity contribution in [3.8, 4) is 11.4 Å². The molecule has 0 saturated carbocycles. The van der Waals surface area contributed by atoms with E-state index in [9.17, 15) is 27.9 Å². The van der Waals surface area contributed by atoms with Crippen LogP contribution in [-0.4, -0.2) is 14.7 Å².